The lowest BCUT2D eigenvalue weighted by Crippen LogP contribution is -2.44. The van der Waals surface area contributed by atoms with Crippen LogP contribution in [0.15, 0.2) is 36.4 Å². The van der Waals surface area contributed by atoms with Gasteiger partial charge in [0.1, 0.15) is 0 Å². The van der Waals surface area contributed by atoms with Crippen molar-refractivity contribution < 1.29 is 14.7 Å². The Kier molecular flexibility index (Phi) is 7.19. The predicted octanol–water partition coefficient (Wildman–Crippen LogP) is 4.22. The van der Waals surface area contributed by atoms with Gasteiger partial charge >= 0.3 is 0 Å². The summed E-state index contributed by atoms with van der Waals surface area (Å²) in [7, 11) is 0. The number of carbonyl (C=O) groups is 2. The lowest BCUT2D eigenvalue weighted by atomic mass is 9.87. The average molecular weight is 525 g/mol. The monoisotopic (exact) mass is 523 g/mol. The molecule has 2 fully saturated rings. The first-order chi connectivity index (χ1) is 15.8. The van der Waals surface area contributed by atoms with Gasteiger partial charge in [-0.1, -0.05) is 41.4 Å². The highest BCUT2D eigenvalue weighted by Gasteiger charge is 2.53. The molecule has 9 heteroatoms. The molecule has 34 heavy (non-hydrogen) atoms. The van der Waals surface area contributed by atoms with Crippen LogP contribution in [0.1, 0.15) is 47.2 Å². The van der Waals surface area contributed by atoms with Crippen molar-refractivity contribution in [1.29, 1.82) is 0 Å². The average Bonchev–Trinajstić information content (AvgIpc) is 3.70. The Hall–Kier alpha value is -1.83. The second-order valence-corrected chi connectivity index (χ2v) is 10.3. The van der Waals surface area contributed by atoms with Crippen molar-refractivity contribution in [3.05, 3.63) is 63.1 Å². The third-order valence-corrected chi connectivity index (χ3v) is 7.52. The van der Waals surface area contributed by atoms with E-state index in [1.165, 1.54) is 36.6 Å². The van der Waals surface area contributed by atoms with Crippen LogP contribution in [0.3, 0.4) is 0 Å². The predicted molar refractivity (Wildman–Crippen MR) is 136 cm³/mol. The van der Waals surface area contributed by atoms with Crippen LogP contribution in [-0.2, 0) is 10.4 Å². The van der Waals surface area contributed by atoms with E-state index in [2.05, 4.69) is 4.90 Å². The van der Waals surface area contributed by atoms with E-state index in [-0.39, 0.29) is 39.1 Å². The molecule has 0 radical (unpaired) electrons. The van der Waals surface area contributed by atoms with Crippen molar-refractivity contribution in [3.63, 3.8) is 0 Å². The molecular weight excluding hydrogens is 497 g/mol. The molecule has 1 atom stereocenters. The van der Waals surface area contributed by atoms with Gasteiger partial charge in [0.15, 0.2) is 5.60 Å². The minimum absolute atomic E-state index is 0. The largest absolute Gasteiger partial charge is 0.372 e. The maximum Gasteiger partial charge on any atom is 0.268 e. The van der Waals surface area contributed by atoms with Crippen LogP contribution >= 0.6 is 35.6 Å². The number of benzene rings is 2. The van der Waals surface area contributed by atoms with Crippen LogP contribution in [0.25, 0.3) is 0 Å². The van der Waals surface area contributed by atoms with Gasteiger partial charge < -0.3 is 20.6 Å². The molecule has 1 unspecified atom stereocenters. The Morgan fingerprint density at radius 3 is 2.26 bits per heavy atom. The molecule has 1 heterocycles. The van der Waals surface area contributed by atoms with Crippen molar-refractivity contribution in [2.75, 3.05) is 31.1 Å². The van der Waals surface area contributed by atoms with E-state index in [1.807, 2.05) is 0 Å². The summed E-state index contributed by atoms with van der Waals surface area (Å²) >= 11 is 13.0. The quantitative estimate of drug-likeness (QED) is 0.514. The lowest BCUT2D eigenvalue weighted by molar-refractivity contribution is -0.132. The van der Waals surface area contributed by atoms with Gasteiger partial charge in [0.25, 0.3) is 5.91 Å². The molecule has 1 aliphatic heterocycles. The standard InChI is InChI=1S/C25H27Cl2N3O3.ClH/c26-19-4-2-1-3-18(19)25(33)22-20(27)11-17(23(28)31)12-21(22)30(24(25)32)10-9-29(13-15-5-6-15)14-16-7-8-16;/h1-4,11-12,15-16,33H,5-10,13-14H2,(H2,28,31);1H. The third-order valence-electron chi connectivity index (χ3n) is 6.89. The Morgan fingerprint density at radius 1 is 1.09 bits per heavy atom. The van der Waals surface area contributed by atoms with Gasteiger partial charge in [-0.05, 0) is 55.7 Å². The maximum absolute atomic E-state index is 13.8. The van der Waals surface area contributed by atoms with E-state index in [0.29, 0.717) is 18.8 Å². The second-order valence-electron chi connectivity index (χ2n) is 9.51. The highest BCUT2D eigenvalue weighted by atomic mass is 35.5. The fourth-order valence-corrected chi connectivity index (χ4v) is 5.40. The Balaban J connectivity index is 0.00000274. The molecule has 2 amide bonds. The van der Waals surface area contributed by atoms with Crippen LogP contribution in [0.5, 0.6) is 0 Å². The van der Waals surface area contributed by atoms with Crippen molar-refractivity contribution in [2.24, 2.45) is 17.6 Å². The molecule has 0 aromatic heterocycles. The van der Waals surface area contributed by atoms with E-state index in [1.54, 1.807) is 30.3 Å². The molecule has 6 nitrogen and oxygen atoms in total. The SMILES string of the molecule is Cl.NC(=O)c1cc(Cl)c2c(c1)N(CCN(CC1CC1)CC1CC1)C(=O)C2(O)c1ccccc1Cl. The van der Waals surface area contributed by atoms with Gasteiger partial charge in [0.05, 0.1) is 10.7 Å². The molecule has 2 aromatic carbocycles. The smallest absolute Gasteiger partial charge is 0.268 e. The molecule has 5 rings (SSSR count). The van der Waals surface area contributed by atoms with Gasteiger partial charge in [0.2, 0.25) is 5.91 Å². The summed E-state index contributed by atoms with van der Waals surface area (Å²) in [6.45, 7) is 3.11. The van der Waals surface area contributed by atoms with Crippen molar-refractivity contribution in [2.45, 2.75) is 31.3 Å². The Bertz CT molecular complexity index is 1110. The van der Waals surface area contributed by atoms with E-state index >= 15 is 0 Å². The number of halogens is 3. The fraction of sp³-hybridized carbons (Fsp3) is 0.440. The zero-order valence-corrected chi connectivity index (χ0v) is 21.0. The summed E-state index contributed by atoms with van der Waals surface area (Å²) in [5.74, 6) is 0.304. The summed E-state index contributed by atoms with van der Waals surface area (Å²) in [5.41, 5.74) is 4.57. The first-order valence-corrected chi connectivity index (χ1v) is 12.2. The third kappa shape index (κ3) is 4.67. The van der Waals surface area contributed by atoms with E-state index in [4.69, 9.17) is 28.9 Å². The van der Waals surface area contributed by atoms with Crippen molar-refractivity contribution in [1.82, 2.24) is 4.90 Å². The molecule has 182 valence electrons. The van der Waals surface area contributed by atoms with Gasteiger partial charge in [-0.25, -0.2) is 0 Å². The van der Waals surface area contributed by atoms with Crippen molar-refractivity contribution in [3.8, 4) is 0 Å². The minimum Gasteiger partial charge on any atom is -0.372 e. The number of amides is 2. The van der Waals surface area contributed by atoms with Crippen LogP contribution in [0.2, 0.25) is 10.0 Å². The number of primary amides is 1. The number of nitrogens with zero attached hydrogens (tertiary/aromatic N) is 2. The number of anilines is 1. The Labute approximate surface area is 215 Å². The highest BCUT2D eigenvalue weighted by Crippen LogP contribution is 2.49. The van der Waals surface area contributed by atoms with Gasteiger partial charge in [-0.3, -0.25) is 9.59 Å². The van der Waals surface area contributed by atoms with Crippen molar-refractivity contribution >= 4 is 53.1 Å². The van der Waals surface area contributed by atoms with Gasteiger partial charge in [0, 0.05) is 47.9 Å². The van der Waals surface area contributed by atoms with Crippen LogP contribution in [0, 0.1) is 11.8 Å². The van der Waals surface area contributed by atoms with E-state index in [9.17, 15) is 14.7 Å². The summed E-state index contributed by atoms with van der Waals surface area (Å²) in [4.78, 5) is 29.7. The molecule has 0 saturated heterocycles. The molecule has 2 aliphatic carbocycles. The number of hydrogen-bond donors (Lipinski definition) is 2. The highest BCUT2D eigenvalue weighted by molar-refractivity contribution is 6.35. The first kappa shape index (κ1) is 25.3. The zero-order valence-electron chi connectivity index (χ0n) is 18.7. The maximum atomic E-state index is 13.8. The molecular formula is C25H28Cl3N3O3. The fourth-order valence-electron chi connectivity index (χ4n) is 4.77. The first-order valence-electron chi connectivity index (χ1n) is 11.4. The second kappa shape index (κ2) is 9.67. The number of rotatable bonds is 9. The lowest BCUT2D eigenvalue weighted by Gasteiger charge is -2.27. The molecule has 3 aliphatic rings. The molecule has 2 aromatic rings. The molecule has 0 bridgehead atoms. The summed E-state index contributed by atoms with van der Waals surface area (Å²) in [6, 6.07) is 9.64. The molecule has 0 spiro atoms. The number of aliphatic hydroxyl groups is 1. The summed E-state index contributed by atoms with van der Waals surface area (Å²) in [6.07, 6.45) is 5.04. The normalized spacial score (nSPS) is 21.5. The minimum atomic E-state index is -2.04. The zero-order chi connectivity index (χ0) is 23.3. The van der Waals surface area contributed by atoms with E-state index < -0.39 is 17.4 Å². The summed E-state index contributed by atoms with van der Waals surface area (Å²) < 4.78 is 0. The molecule has 3 N–H and O–H groups in total. The van der Waals surface area contributed by atoms with Crippen LogP contribution < -0.4 is 10.6 Å². The number of hydrogen-bond acceptors (Lipinski definition) is 4. The van der Waals surface area contributed by atoms with Crippen LogP contribution in [-0.4, -0.2) is 48.0 Å². The summed E-state index contributed by atoms with van der Waals surface area (Å²) in [5, 5.41) is 12.2. The van der Waals surface area contributed by atoms with Crippen LogP contribution in [0.4, 0.5) is 5.69 Å². The van der Waals surface area contributed by atoms with Gasteiger partial charge in [-0.15, -0.1) is 12.4 Å². The molecule has 2 saturated carbocycles. The van der Waals surface area contributed by atoms with E-state index in [0.717, 1.165) is 24.9 Å². The topological polar surface area (TPSA) is 86.9 Å². The number of carbonyl (C=O) groups excluding carboxylic acids is 2. The number of nitrogens with two attached hydrogens (primary N) is 1. The Morgan fingerprint density at radius 2 is 1.71 bits per heavy atom. The van der Waals surface area contributed by atoms with Gasteiger partial charge in [-0.2, -0.15) is 0 Å². The number of fused-ring (bicyclic) bond motifs is 1.